The van der Waals surface area contributed by atoms with Crippen molar-refractivity contribution in [2.45, 2.75) is 6.61 Å². The topological polar surface area (TPSA) is 59.9 Å². The number of amides is 1. The highest BCUT2D eigenvalue weighted by atomic mass is 35.5. The van der Waals surface area contributed by atoms with Crippen LogP contribution in [-0.4, -0.2) is 18.7 Å². The van der Waals surface area contributed by atoms with Crippen LogP contribution in [0.5, 0.6) is 11.5 Å². The molecule has 0 aliphatic heterocycles. The minimum absolute atomic E-state index is 0.248. The van der Waals surface area contributed by atoms with Crippen molar-refractivity contribution < 1.29 is 14.3 Å². The smallest absolute Gasteiger partial charge is 0.277 e. The number of nitrogens with zero attached hydrogens (tertiary/aromatic N) is 1. The Morgan fingerprint density at radius 1 is 0.967 bits per heavy atom. The average Bonchev–Trinajstić information content (AvgIpc) is 2.75. The number of rotatable bonds is 8. The molecule has 0 bridgehead atoms. The number of carbonyl (C=O) groups is 1. The van der Waals surface area contributed by atoms with Gasteiger partial charge in [0.1, 0.15) is 23.1 Å². The maximum absolute atomic E-state index is 11.9. The molecule has 8 heteroatoms. The average molecular weight is 464 g/mol. The van der Waals surface area contributed by atoms with Crippen molar-refractivity contribution in [3.8, 4) is 11.5 Å². The fourth-order valence-electron chi connectivity index (χ4n) is 2.38. The zero-order valence-electron chi connectivity index (χ0n) is 15.6. The van der Waals surface area contributed by atoms with E-state index in [9.17, 15) is 4.79 Å². The van der Waals surface area contributed by atoms with E-state index < -0.39 is 5.91 Å². The van der Waals surface area contributed by atoms with Gasteiger partial charge >= 0.3 is 0 Å². The molecule has 0 aromatic heterocycles. The predicted octanol–water partition coefficient (Wildman–Crippen LogP) is 5.75. The third kappa shape index (κ3) is 6.66. The fourth-order valence-corrected chi connectivity index (χ4v) is 2.85. The summed E-state index contributed by atoms with van der Waals surface area (Å²) in [6.07, 6.45) is 1.51. The third-order valence-corrected chi connectivity index (χ3v) is 4.91. The largest absolute Gasteiger partial charge is 0.489 e. The predicted molar refractivity (Wildman–Crippen MR) is 120 cm³/mol. The quantitative estimate of drug-likeness (QED) is 0.341. The molecule has 0 radical (unpaired) electrons. The highest BCUT2D eigenvalue weighted by Crippen LogP contribution is 2.31. The molecule has 1 amide bonds. The molecule has 3 aromatic carbocycles. The second-order valence-electron chi connectivity index (χ2n) is 6.12. The van der Waals surface area contributed by atoms with E-state index in [-0.39, 0.29) is 11.6 Å². The Morgan fingerprint density at radius 2 is 1.73 bits per heavy atom. The molecule has 0 aliphatic carbocycles. The van der Waals surface area contributed by atoms with Gasteiger partial charge in [0.05, 0.1) is 11.2 Å². The molecule has 0 saturated carbocycles. The molecule has 0 spiro atoms. The molecule has 0 unspecified atom stereocenters. The lowest BCUT2D eigenvalue weighted by atomic mass is 10.2. The Kier molecular flexibility index (Phi) is 7.97. The summed E-state index contributed by atoms with van der Waals surface area (Å²) in [5.41, 5.74) is 4.17. The van der Waals surface area contributed by atoms with Crippen LogP contribution in [0.4, 0.5) is 0 Å². The summed E-state index contributed by atoms with van der Waals surface area (Å²) in [6, 6.07) is 19.7. The molecule has 0 atom stereocenters. The van der Waals surface area contributed by atoms with Gasteiger partial charge in [-0.25, -0.2) is 5.43 Å². The highest BCUT2D eigenvalue weighted by Gasteiger charge is 2.07. The molecule has 0 aliphatic rings. The molecular formula is C22H17Cl3N2O3. The number of hydrogen-bond acceptors (Lipinski definition) is 4. The van der Waals surface area contributed by atoms with E-state index >= 15 is 0 Å². The van der Waals surface area contributed by atoms with Crippen molar-refractivity contribution >= 4 is 46.9 Å². The van der Waals surface area contributed by atoms with Crippen LogP contribution >= 0.6 is 34.8 Å². The Morgan fingerprint density at radius 3 is 2.53 bits per heavy atom. The van der Waals surface area contributed by atoms with Crippen molar-refractivity contribution in [1.82, 2.24) is 5.43 Å². The van der Waals surface area contributed by atoms with Crippen LogP contribution in [0.2, 0.25) is 15.1 Å². The lowest BCUT2D eigenvalue weighted by Gasteiger charge is -2.08. The van der Waals surface area contributed by atoms with Crippen LogP contribution in [-0.2, 0) is 11.4 Å². The van der Waals surface area contributed by atoms with E-state index in [4.69, 9.17) is 44.3 Å². The van der Waals surface area contributed by atoms with E-state index in [1.54, 1.807) is 18.2 Å². The summed E-state index contributed by atoms with van der Waals surface area (Å²) in [7, 11) is 0. The van der Waals surface area contributed by atoms with Crippen molar-refractivity contribution in [1.29, 1.82) is 0 Å². The Hall–Kier alpha value is -2.73. The Balaban J connectivity index is 1.48. The van der Waals surface area contributed by atoms with Crippen LogP contribution in [0.1, 0.15) is 11.1 Å². The molecule has 0 saturated heterocycles. The van der Waals surface area contributed by atoms with Gasteiger partial charge in [-0.2, -0.15) is 5.10 Å². The minimum atomic E-state index is -0.433. The van der Waals surface area contributed by atoms with E-state index in [0.717, 1.165) is 11.1 Å². The van der Waals surface area contributed by atoms with Gasteiger partial charge in [-0.3, -0.25) is 4.79 Å². The van der Waals surface area contributed by atoms with E-state index in [1.165, 1.54) is 6.21 Å². The number of ether oxygens (including phenoxy) is 2. The lowest BCUT2D eigenvalue weighted by molar-refractivity contribution is -0.123. The number of halogens is 3. The molecule has 154 valence electrons. The van der Waals surface area contributed by atoms with Gasteiger partial charge < -0.3 is 9.47 Å². The third-order valence-electron chi connectivity index (χ3n) is 3.85. The van der Waals surface area contributed by atoms with E-state index in [1.807, 2.05) is 48.5 Å². The number of hydrazone groups is 1. The number of hydrogen-bond donors (Lipinski definition) is 1. The number of nitrogens with one attached hydrogen (secondary N) is 1. The number of benzene rings is 3. The van der Waals surface area contributed by atoms with Crippen LogP contribution < -0.4 is 14.9 Å². The van der Waals surface area contributed by atoms with Gasteiger partial charge in [-0.1, -0.05) is 65.1 Å². The van der Waals surface area contributed by atoms with Crippen molar-refractivity contribution in [2.24, 2.45) is 5.10 Å². The summed E-state index contributed by atoms with van der Waals surface area (Å²) < 4.78 is 11.1. The highest BCUT2D eigenvalue weighted by molar-refractivity contribution is 6.42. The molecule has 30 heavy (non-hydrogen) atoms. The normalized spacial score (nSPS) is 10.8. The standard InChI is InChI=1S/C22H17Cl3N2O3/c23-17-9-7-15(8-10-17)13-29-18-4-1-3-16(11-18)12-26-27-21(28)14-30-20-6-2-5-19(24)22(20)25/h1-12H,13-14H2,(H,27,28). The summed E-state index contributed by atoms with van der Waals surface area (Å²) in [5.74, 6) is 0.574. The second-order valence-corrected chi connectivity index (χ2v) is 7.34. The molecule has 3 aromatic rings. The summed E-state index contributed by atoms with van der Waals surface area (Å²) in [4.78, 5) is 11.9. The van der Waals surface area contributed by atoms with Gasteiger partial charge in [-0.15, -0.1) is 0 Å². The second kappa shape index (κ2) is 10.9. The first-order valence-corrected chi connectivity index (χ1v) is 10.0. The van der Waals surface area contributed by atoms with Gasteiger partial charge in [-0.05, 0) is 47.5 Å². The van der Waals surface area contributed by atoms with Crippen LogP contribution in [0.25, 0.3) is 0 Å². The molecule has 3 rings (SSSR count). The monoisotopic (exact) mass is 462 g/mol. The lowest BCUT2D eigenvalue weighted by Crippen LogP contribution is -2.24. The first kappa shape index (κ1) is 22.0. The van der Waals surface area contributed by atoms with Gasteiger partial charge in [0, 0.05) is 5.02 Å². The molecule has 5 nitrogen and oxygen atoms in total. The van der Waals surface area contributed by atoms with E-state index in [0.29, 0.717) is 28.2 Å². The summed E-state index contributed by atoms with van der Waals surface area (Å²) in [6.45, 7) is 0.166. The van der Waals surface area contributed by atoms with Gasteiger partial charge in [0.25, 0.3) is 5.91 Å². The summed E-state index contributed by atoms with van der Waals surface area (Å²) in [5, 5.41) is 5.22. The number of carbonyl (C=O) groups excluding carboxylic acids is 1. The molecule has 1 N–H and O–H groups in total. The van der Waals surface area contributed by atoms with Crippen LogP contribution in [0.3, 0.4) is 0 Å². The fraction of sp³-hybridized carbons (Fsp3) is 0.0909. The first-order chi connectivity index (χ1) is 14.5. The molecular weight excluding hydrogens is 447 g/mol. The van der Waals surface area contributed by atoms with Crippen LogP contribution in [0.15, 0.2) is 71.8 Å². The SMILES string of the molecule is O=C(COc1cccc(Cl)c1Cl)NN=Cc1cccc(OCc2ccc(Cl)cc2)c1. The molecule has 0 fully saturated rings. The van der Waals surface area contributed by atoms with Crippen molar-refractivity contribution in [3.63, 3.8) is 0 Å². The summed E-state index contributed by atoms with van der Waals surface area (Å²) >= 11 is 17.8. The van der Waals surface area contributed by atoms with E-state index in [2.05, 4.69) is 10.5 Å². The zero-order chi connectivity index (χ0) is 21.3. The first-order valence-electron chi connectivity index (χ1n) is 8.87. The minimum Gasteiger partial charge on any atom is -0.489 e. The van der Waals surface area contributed by atoms with Gasteiger partial charge in [0.15, 0.2) is 6.61 Å². The Bertz CT molecular complexity index is 1040. The van der Waals surface area contributed by atoms with Crippen molar-refractivity contribution in [3.05, 3.63) is 92.9 Å². The zero-order valence-corrected chi connectivity index (χ0v) is 17.9. The van der Waals surface area contributed by atoms with Gasteiger partial charge in [0.2, 0.25) is 0 Å². The van der Waals surface area contributed by atoms with Crippen LogP contribution in [0, 0.1) is 0 Å². The molecule has 0 heterocycles. The maximum atomic E-state index is 11.9. The van der Waals surface area contributed by atoms with Crippen molar-refractivity contribution in [2.75, 3.05) is 6.61 Å². The maximum Gasteiger partial charge on any atom is 0.277 e. The Labute approximate surface area is 189 Å².